The van der Waals surface area contributed by atoms with E-state index in [2.05, 4.69) is 0 Å². The minimum Gasteiger partial charge on any atom is -0.491 e. The molecule has 1 atom stereocenters. The summed E-state index contributed by atoms with van der Waals surface area (Å²) in [6, 6.07) is 14.8. The largest absolute Gasteiger partial charge is 0.491 e. The molecule has 2 aromatic rings. The summed E-state index contributed by atoms with van der Waals surface area (Å²) in [5, 5.41) is 0.689. The zero-order valence-corrected chi connectivity index (χ0v) is 15.0. The highest BCUT2D eigenvalue weighted by molar-refractivity contribution is 6.30. The van der Waals surface area contributed by atoms with Crippen LogP contribution in [0.2, 0.25) is 5.02 Å². The van der Waals surface area contributed by atoms with Gasteiger partial charge < -0.3 is 14.4 Å². The molecule has 1 fully saturated rings. The molecule has 0 aromatic heterocycles. The van der Waals surface area contributed by atoms with Crippen LogP contribution >= 0.6 is 11.6 Å². The van der Waals surface area contributed by atoms with Crippen molar-refractivity contribution in [1.82, 2.24) is 4.90 Å². The van der Waals surface area contributed by atoms with Gasteiger partial charge >= 0.3 is 0 Å². The zero-order valence-electron chi connectivity index (χ0n) is 14.3. The lowest BCUT2D eigenvalue weighted by Crippen LogP contribution is -2.26. The van der Waals surface area contributed by atoms with E-state index in [4.69, 9.17) is 21.1 Å². The molecular formula is C20H22ClNO3. The minimum atomic E-state index is -0.0440. The van der Waals surface area contributed by atoms with Crippen molar-refractivity contribution in [3.05, 3.63) is 64.7 Å². The zero-order chi connectivity index (χ0) is 17.6. The topological polar surface area (TPSA) is 38.8 Å². The number of halogens is 1. The van der Waals surface area contributed by atoms with E-state index in [1.54, 1.807) is 24.1 Å². The highest BCUT2D eigenvalue weighted by atomic mass is 35.5. The van der Waals surface area contributed by atoms with E-state index in [1.807, 2.05) is 36.4 Å². The fourth-order valence-corrected chi connectivity index (χ4v) is 2.97. The van der Waals surface area contributed by atoms with E-state index >= 15 is 0 Å². The number of amides is 1. The van der Waals surface area contributed by atoms with Gasteiger partial charge in [-0.05, 0) is 48.7 Å². The molecule has 25 heavy (non-hydrogen) atoms. The van der Waals surface area contributed by atoms with E-state index in [-0.39, 0.29) is 12.0 Å². The molecule has 1 saturated heterocycles. The Balaban J connectivity index is 1.60. The molecule has 1 aliphatic rings. The molecule has 0 saturated carbocycles. The van der Waals surface area contributed by atoms with Gasteiger partial charge in [0.15, 0.2) is 0 Å². The molecule has 5 heteroatoms. The van der Waals surface area contributed by atoms with Gasteiger partial charge in [0.1, 0.15) is 12.4 Å². The van der Waals surface area contributed by atoms with E-state index in [9.17, 15) is 4.79 Å². The Bertz CT molecular complexity index is 711. The van der Waals surface area contributed by atoms with E-state index in [1.165, 1.54) is 0 Å². The molecule has 0 bridgehead atoms. The Morgan fingerprint density at radius 2 is 2.08 bits per heavy atom. The Kier molecular flexibility index (Phi) is 5.95. The van der Waals surface area contributed by atoms with Crippen LogP contribution in [0.5, 0.6) is 5.75 Å². The van der Waals surface area contributed by atoms with Crippen LogP contribution in [0.15, 0.2) is 48.5 Å². The molecule has 1 unspecified atom stereocenters. The van der Waals surface area contributed by atoms with Crippen LogP contribution < -0.4 is 4.74 Å². The number of benzene rings is 2. The Morgan fingerprint density at radius 1 is 1.28 bits per heavy atom. The number of hydrogen-bond acceptors (Lipinski definition) is 3. The minimum absolute atomic E-state index is 0.0440. The van der Waals surface area contributed by atoms with Crippen LogP contribution in [0.1, 0.15) is 28.8 Å². The van der Waals surface area contributed by atoms with Gasteiger partial charge in [-0.3, -0.25) is 4.79 Å². The molecule has 4 nitrogen and oxygen atoms in total. The first-order chi connectivity index (χ1) is 12.1. The lowest BCUT2D eigenvalue weighted by molar-refractivity contribution is 0.0678. The molecular weight excluding hydrogens is 338 g/mol. The number of nitrogens with zero attached hydrogens (tertiary/aromatic N) is 1. The van der Waals surface area contributed by atoms with Crippen LogP contribution in [0, 0.1) is 0 Å². The lowest BCUT2D eigenvalue weighted by Gasteiger charge is -2.18. The maximum absolute atomic E-state index is 12.6. The summed E-state index contributed by atoms with van der Waals surface area (Å²) in [4.78, 5) is 14.3. The van der Waals surface area contributed by atoms with Crippen molar-refractivity contribution in [3.63, 3.8) is 0 Å². The molecule has 3 rings (SSSR count). The lowest BCUT2D eigenvalue weighted by atomic mass is 10.1. The third-order valence-corrected chi connectivity index (χ3v) is 4.47. The van der Waals surface area contributed by atoms with E-state index < -0.39 is 0 Å². The average Bonchev–Trinajstić information content (AvgIpc) is 3.15. The fraction of sp³-hybridized carbons (Fsp3) is 0.350. The highest BCUT2D eigenvalue weighted by Crippen LogP contribution is 2.19. The van der Waals surface area contributed by atoms with Crippen molar-refractivity contribution in [1.29, 1.82) is 0 Å². The molecule has 132 valence electrons. The highest BCUT2D eigenvalue weighted by Gasteiger charge is 2.17. The maximum Gasteiger partial charge on any atom is 0.254 e. The van der Waals surface area contributed by atoms with Gasteiger partial charge in [-0.25, -0.2) is 0 Å². The van der Waals surface area contributed by atoms with Crippen LogP contribution in [0.3, 0.4) is 0 Å². The van der Waals surface area contributed by atoms with Crippen molar-refractivity contribution in [2.45, 2.75) is 25.5 Å². The predicted molar refractivity (Wildman–Crippen MR) is 98.2 cm³/mol. The molecule has 0 aliphatic carbocycles. The SMILES string of the molecule is CN(Cc1ccc(Cl)cc1)C(=O)c1cccc(OCC2CCCO2)c1. The first kappa shape index (κ1) is 17.8. The quantitative estimate of drug-likeness (QED) is 0.777. The number of hydrogen-bond donors (Lipinski definition) is 0. The summed E-state index contributed by atoms with van der Waals surface area (Å²) in [7, 11) is 1.79. The Morgan fingerprint density at radius 3 is 2.80 bits per heavy atom. The van der Waals surface area contributed by atoms with Crippen molar-refractivity contribution < 1.29 is 14.3 Å². The summed E-state index contributed by atoms with van der Waals surface area (Å²) in [5.74, 6) is 0.652. The molecule has 2 aromatic carbocycles. The molecule has 1 amide bonds. The summed E-state index contributed by atoms with van der Waals surface area (Å²) >= 11 is 5.90. The number of rotatable bonds is 6. The van der Waals surface area contributed by atoms with Gasteiger partial charge in [-0.2, -0.15) is 0 Å². The van der Waals surface area contributed by atoms with Crippen molar-refractivity contribution in [2.24, 2.45) is 0 Å². The van der Waals surface area contributed by atoms with Crippen LogP contribution in [0.4, 0.5) is 0 Å². The van der Waals surface area contributed by atoms with Crippen LogP contribution in [-0.4, -0.2) is 37.2 Å². The molecule has 0 N–H and O–H groups in total. The van der Waals surface area contributed by atoms with Crippen molar-refractivity contribution in [3.8, 4) is 5.75 Å². The third kappa shape index (κ3) is 4.97. The molecule has 0 radical (unpaired) electrons. The first-order valence-electron chi connectivity index (χ1n) is 8.46. The van der Waals surface area contributed by atoms with Crippen molar-refractivity contribution >= 4 is 17.5 Å². The summed E-state index contributed by atoms with van der Waals surface area (Å²) < 4.78 is 11.3. The van der Waals surface area contributed by atoms with Gasteiger partial charge in [0.25, 0.3) is 5.91 Å². The smallest absolute Gasteiger partial charge is 0.254 e. The summed E-state index contributed by atoms with van der Waals surface area (Å²) in [6.45, 7) is 1.86. The second-order valence-corrected chi connectivity index (χ2v) is 6.70. The first-order valence-corrected chi connectivity index (χ1v) is 8.84. The Hall–Kier alpha value is -2.04. The van der Waals surface area contributed by atoms with Crippen LogP contribution in [-0.2, 0) is 11.3 Å². The predicted octanol–water partition coefficient (Wildman–Crippen LogP) is 4.17. The van der Waals surface area contributed by atoms with Crippen molar-refractivity contribution in [2.75, 3.05) is 20.3 Å². The second kappa shape index (κ2) is 8.37. The standard InChI is InChI=1S/C20H22ClNO3/c1-22(13-15-7-9-17(21)10-8-15)20(23)16-4-2-5-18(12-16)25-14-19-6-3-11-24-19/h2,4-5,7-10,12,19H,3,6,11,13-14H2,1H3. The van der Waals surface area contributed by atoms with Crippen LogP contribution in [0.25, 0.3) is 0 Å². The maximum atomic E-state index is 12.6. The summed E-state index contributed by atoms with van der Waals surface area (Å²) in [5.41, 5.74) is 1.65. The average molecular weight is 360 g/mol. The van der Waals surface area contributed by atoms with E-state index in [0.717, 1.165) is 25.0 Å². The fourth-order valence-electron chi connectivity index (χ4n) is 2.84. The van der Waals surface area contributed by atoms with E-state index in [0.29, 0.717) is 29.5 Å². The summed E-state index contributed by atoms with van der Waals surface area (Å²) in [6.07, 6.45) is 2.27. The second-order valence-electron chi connectivity index (χ2n) is 6.26. The molecule has 0 spiro atoms. The van der Waals surface area contributed by atoms with Gasteiger partial charge in [0.2, 0.25) is 0 Å². The van der Waals surface area contributed by atoms with Gasteiger partial charge in [-0.1, -0.05) is 29.8 Å². The van der Waals surface area contributed by atoms with Gasteiger partial charge in [0.05, 0.1) is 6.10 Å². The Labute approximate surface area is 153 Å². The van der Waals surface area contributed by atoms with Gasteiger partial charge in [-0.15, -0.1) is 0 Å². The molecule has 1 aliphatic heterocycles. The number of carbonyl (C=O) groups is 1. The number of carbonyl (C=O) groups excluding carboxylic acids is 1. The monoisotopic (exact) mass is 359 g/mol. The normalized spacial score (nSPS) is 16.6. The molecule has 1 heterocycles. The number of ether oxygens (including phenoxy) is 2. The van der Waals surface area contributed by atoms with Gasteiger partial charge in [0, 0.05) is 30.8 Å². The third-order valence-electron chi connectivity index (χ3n) is 4.22.